The first-order chi connectivity index (χ1) is 9.16. The quantitative estimate of drug-likeness (QED) is 0.825. The van der Waals surface area contributed by atoms with E-state index in [9.17, 15) is 9.90 Å². The Bertz CT molecular complexity index is 610. The fraction of sp³-hybridized carbons (Fsp3) is 0.400. The smallest absolute Gasteiger partial charge is 0.234 e. The van der Waals surface area contributed by atoms with Gasteiger partial charge >= 0.3 is 0 Å². The molecule has 100 valence electrons. The lowest BCUT2D eigenvalue weighted by atomic mass is 9.87. The molecule has 1 aromatic heterocycles. The number of hydrogen-bond acceptors (Lipinski definition) is 3. The number of nitrogens with zero attached hydrogens (tertiary/aromatic N) is 1. The summed E-state index contributed by atoms with van der Waals surface area (Å²) in [5, 5.41) is 10.4. The van der Waals surface area contributed by atoms with Crippen LogP contribution in [0.3, 0.4) is 0 Å². The molecule has 0 amide bonds. The third-order valence-corrected chi connectivity index (χ3v) is 4.03. The number of anilines is 1. The van der Waals surface area contributed by atoms with Gasteiger partial charge in [0.25, 0.3) is 0 Å². The van der Waals surface area contributed by atoms with Crippen molar-refractivity contribution in [3.63, 3.8) is 0 Å². The number of benzene rings is 1. The number of nitrogens with two attached hydrogens (primary N) is 1. The Morgan fingerprint density at radius 1 is 1.21 bits per heavy atom. The second-order valence-corrected chi connectivity index (χ2v) is 5.32. The van der Waals surface area contributed by atoms with Crippen LogP contribution < -0.4 is 5.73 Å². The van der Waals surface area contributed by atoms with Crippen molar-refractivity contribution in [2.75, 3.05) is 5.73 Å². The lowest BCUT2D eigenvalue weighted by Crippen LogP contribution is -2.27. The molecule has 0 radical (unpaired) electrons. The highest BCUT2D eigenvalue weighted by molar-refractivity contribution is 5.99. The van der Waals surface area contributed by atoms with Gasteiger partial charge in [-0.15, -0.1) is 0 Å². The van der Waals surface area contributed by atoms with Crippen molar-refractivity contribution in [2.45, 2.75) is 31.8 Å². The Hall–Kier alpha value is -1.81. The number of fused-ring (bicyclic) bond motifs is 1. The number of rotatable bonds is 1. The number of aliphatic hydroxyl groups is 1. The molecule has 1 aliphatic carbocycles. The zero-order valence-corrected chi connectivity index (χ0v) is 10.7. The molecule has 1 heterocycles. The van der Waals surface area contributed by atoms with E-state index in [1.165, 1.54) is 0 Å². The first kappa shape index (κ1) is 12.2. The van der Waals surface area contributed by atoms with Crippen molar-refractivity contribution in [3.8, 4) is 0 Å². The van der Waals surface area contributed by atoms with E-state index in [1.807, 2.05) is 24.3 Å². The molecular formula is C15H18N2O2. The minimum Gasteiger partial charge on any atom is -0.397 e. The molecule has 0 atom stereocenters. The number of carbonyl (C=O) groups is 1. The molecule has 0 spiro atoms. The second kappa shape index (κ2) is 4.70. The largest absolute Gasteiger partial charge is 0.397 e. The third-order valence-electron chi connectivity index (χ3n) is 4.03. The first-order valence-electron chi connectivity index (χ1n) is 6.74. The Balaban J connectivity index is 1.94. The molecule has 19 heavy (non-hydrogen) atoms. The maximum Gasteiger partial charge on any atom is 0.234 e. The maximum absolute atomic E-state index is 12.6. The van der Waals surface area contributed by atoms with E-state index in [2.05, 4.69) is 0 Å². The molecule has 1 aliphatic rings. The van der Waals surface area contributed by atoms with Gasteiger partial charge in [-0.1, -0.05) is 18.2 Å². The van der Waals surface area contributed by atoms with Crippen LogP contribution in [0.5, 0.6) is 0 Å². The molecule has 4 nitrogen and oxygen atoms in total. The normalized spacial score (nSPS) is 23.6. The molecule has 0 aliphatic heterocycles. The van der Waals surface area contributed by atoms with Crippen LogP contribution in [0.2, 0.25) is 0 Å². The molecular weight excluding hydrogens is 240 g/mol. The van der Waals surface area contributed by atoms with Crippen molar-refractivity contribution in [2.24, 2.45) is 5.92 Å². The average Bonchev–Trinajstić information content (AvgIpc) is 2.77. The topological polar surface area (TPSA) is 68.2 Å². The first-order valence-corrected chi connectivity index (χ1v) is 6.74. The Labute approximate surface area is 111 Å². The van der Waals surface area contributed by atoms with Gasteiger partial charge in [-0.05, 0) is 31.7 Å². The molecule has 1 fully saturated rings. The van der Waals surface area contributed by atoms with Crippen molar-refractivity contribution in [3.05, 3.63) is 30.5 Å². The van der Waals surface area contributed by atoms with Crippen molar-refractivity contribution in [1.82, 2.24) is 4.57 Å². The van der Waals surface area contributed by atoms with E-state index < -0.39 is 0 Å². The molecule has 2 aromatic rings. The van der Waals surface area contributed by atoms with Gasteiger partial charge in [0.1, 0.15) is 0 Å². The number of nitrogen functional groups attached to an aromatic ring is 1. The predicted octanol–water partition coefficient (Wildman–Crippen LogP) is 2.41. The summed E-state index contributed by atoms with van der Waals surface area (Å²) in [7, 11) is 0. The van der Waals surface area contributed by atoms with Gasteiger partial charge in [0.2, 0.25) is 5.91 Å². The van der Waals surface area contributed by atoms with Crippen LogP contribution in [0.15, 0.2) is 30.5 Å². The van der Waals surface area contributed by atoms with Gasteiger partial charge in [-0.3, -0.25) is 9.36 Å². The van der Waals surface area contributed by atoms with Crippen molar-refractivity contribution in [1.29, 1.82) is 0 Å². The Morgan fingerprint density at radius 3 is 2.63 bits per heavy atom. The fourth-order valence-electron chi connectivity index (χ4n) is 2.91. The summed E-state index contributed by atoms with van der Waals surface area (Å²) in [5.74, 6) is 0.0957. The highest BCUT2D eigenvalue weighted by Gasteiger charge is 2.27. The van der Waals surface area contributed by atoms with Crippen molar-refractivity contribution >= 4 is 22.5 Å². The SMILES string of the molecule is Nc1cn(C(=O)C2CCC(O)CC2)c2ccccc12. The predicted molar refractivity (Wildman–Crippen MR) is 74.9 cm³/mol. The van der Waals surface area contributed by atoms with Crippen LogP contribution in [0.25, 0.3) is 10.9 Å². The molecule has 0 unspecified atom stereocenters. The molecule has 0 bridgehead atoms. The van der Waals surface area contributed by atoms with E-state index in [4.69, 9.17) is 5.73 Å². The standard InChI is InChI=1S/C15H18N2O2/c16-13-9-17(14-4-2-1-3-12(13)14)15(19)10-5-7-11(18)8-6-10/h1-4,9-11,18H,5-8,16H2. The third kappa shape index (κ3) is 2.12. The Kier molecular flexibility index (Phi) is 3.03. The molecule has 4 heteroatoms. The zero-order valence-electron chi connectivity index (χ0n) is 10.7. The lowest BCUT2D eigenvalue weighted by Gasteiger charge is -2.24. The number of aliphatic hydroxyl groups excluding tert-OH is 1. The molecule has 1 aromatic carbocycles. The van der Waals surface area contributed by atoms with Crippen molar-refractivity contribution < 1.29 is 9.90 Å². The molecule has 3 rings (SSSR count). The lowest BCUT2D eigenvalue weighted by molar-refractivity contribution is 0.0692. The minimum atomic E-state index is -0.240. The van der Waals surface area contributed by atoms with E-state index in [-0.39, 0.29) is 17.9 Å². The van der Waals surface area contributed by atoms with E-state index in [1.54, 1.807) is 10.8 Å². The number of para-hydroxylation sites is 1. The number of carbonyl (C=O) groups excluding carboxylic acids is 1. The van der Waals surface area contributed by atoms with Gasteiger partial charge in [0.15, 0.2) is 0 Å². The van der Waals surface area contributed by atoms with E-state index in [0.717, 1.165) is 23.7 Å². The summed E-state index contributed by atoms with van der Waals surface area (Å²) in [6.07, 6.45) is 4.42. The second-order valence-electron chi connectivity index (χ2n) is 5.32. The van der Waals surface area contributed by atoms with Gasteiger partial charge < -0.3 is 10.8 Å². The van der Waals surface area contributed by atoms with Crippen LogP contribution in [-0.2, 0) is 0 Å². The maximum atomic E-state index is 12.6. The molecule has 1 saturated carbocycles. The monoisotopic (exact) mass is 258 g/mol. The summed E-state index contributed by atoms with van der Waals surface area (Å²) in [6, 6.07) is 7.68. The minimum absolute atomic E-state index is 0.00129. The number of aromatic nitrogens is 1. The average molecular weight is 258 g/mol. The highest BCUT2D eigenvalue weighted by Crippen LogP contribution is 2.29. The Morgan fingerprint density at radius 2 is 1.89 bits per heavy atom. The van der Waals surface area contributed by atoms with Crippen LogP contribution >= 0.6 is 0 Å². The van der Waals surface area contributed by atoms with E-state index in [0.29, 0.717) is 18.5 Å². The van der Waals surface area contributed by atoms with Crippen LogP contribution in [-0.4, -0.2) is 21.7 Å². The summed E-state index contributed by atoms with van der Waals surface area (Å²) >= 11 is 0. The zero-order chi connectivity index (χ0) is 13.4. The summed E-state index contributed by atoms with van der Waals surface area (Å²) in [4.78, 5) is 12.6. The van der Waals surface area contributed by atoms with Gasteiger partial charge in [-0.2, -0.15) is 0 Å². The highest BCUT2D eigenvalue weighted by atomic mass is 16.3. The van der Waals surface area contributed by atoms with Gasteiger partial charge in [0.05, 0.1) is 17.3 Å². The summed E-state index contributed by atoms with van der Waals surface area (Å²) in [6.45, 7) is 0. The molecule has 3 N–H and O–H groups in total. The molecule has 0 saturated heterocycles. The fourth-order valence-corrected chi connectivity index (χ4v) is 2.91. The van der Waals surface area contributed by atoms with Crippen LogP contribution in [0.1, 0.15) is 30.5 Å². The van der Waals surface area contributed by atoms with Crippen LogP contribution in [0.4, 0.5) is 5.69 Å². The summed E-state index contributed by atoms with van der Waals surface area (Å²) < 4.78 is 1.67. The summed E-state index contributed by atoms with van der Waals surface area (Å²) in [5.41, 5.74) is 7.46. The van der Waals surface area contributed by atoms with Crippen LogP contribution in [0, 0.1) is 5.92 Å². The van der Waals surface area contributed by atoms with Gasteiger partial charge in [0, 0.05) is 17.5 Å². The van der Waals surface area contributed by atoms with Gasteiger partial charge in [-0.25, -0.2) is 0 Å². The van der Waals surface area contributed by atoms with E-state index >= 15 is 0 Å². The number of hydrogen-bond donors (Lipinski definition) is 2.